The summed E-state index contributed by atoms with van der Waals surface area (Å²) >= 11 is 6.08. The van der Waals surface area contributed by atoms with Crippen molar-refractivity contribution in [1.29, 1.82) is 0 Å². The van der Waals surface area contributed by atoms with Crippen molar-refractivity contribution in [2.75, 3.05) is 0 Å². The second kappa shape index (κ2) is 4.84. The fourth-order valence-electron chi connectivity index (χ4n) is 2.60. The van der Waals surface area contributed by atoms with E-state index in [1.165, 1.54) is 0 Å². The average molecular weight is 288 g/mol. The summed E-state index contributed by atoms with van der Waals surface area (Å²) in [4.78, 5) is 0. The molecular formula is C16H16ClN2O+. The first kappa shape index (κ1) is 13.0. The van der Waals surface area contributed by atoms with Crippen LogP contribution in [0.5, 0.6) is 0 Å². The van der Waals surface area contributed by atoms with E-state index in [4.69, 9.17) is 11.6 Å². The molecule has 20 heavy (non-hydrogen) atoms. The minimum Gasteiger partial charge on any atom is -0.338 e. The number of rotatable bonds is 2. The summed E-state index contributed by atoms with van der Waals surface area (Å²) in [5.74, 6) is 0. The molecule has 0 unspecified atom stereocenters. The Kier molecular flexibility index (Phi) is 3.14. The number of hydrogen-bond donors (Lipinski definition) is 1. The molecule has 3 nitrogen and oxygen atoms in total. The molecule has 0 spiro atoms. The number of pyridine rings is 1. The van der Waals surface area contributed by atoms with Crippen molar-refractivity contribution >= 4 is 22.5 Å². The van der Waals surface area contributed by atoms with Crippen molar-refractivity contribution in [2.24, 2.45) is 0 Å². The minimum absolute atomic E-state index is 0.316. The van der Waals surface area contributed by atoms with Crippen LogP contribution < -0.4 is 4.73 Å². The first-order chi connectivity index (χ1) is 9.56. The van der Waals surface area contributed by atoms with Gasteiger partial charge in [-0.25, -0.2) is 0 Å². The molecule has 3 aromatic rings. The Hall–Kier alpha value is -2.00. The highest BCUT2D eigenvalue weighted by atomic mass is 35.5. The average Bonchev–Trinajstić information content (AvgIpc) is 2.77. The summed E-state index contributed by atoms with van der Waals surface area (Å²) in [6, 6.07) is 12.1. The fraction of sp³-hybridized carbons (Fsp3) is 0.188. The molecule has 4 heteroatoms. The van der Waals surface area contributed by atoms with Crippen molar-refractivity contribution in [3.63, 3.8) is 0 Å². The van der Waals surface area contributed by atoms with Crippen LogP contribution in [0.15, 0.2) is 48.8 Å². The van der Waals surface area contributed by atoms with Gasteiger partial charge >= 0.3 is 0 Å². The van der Waals surface area contributed by atoms with E-state index in [2.05, 4.69) is 24.5 Å². The van der Waals surface area contributed by atoms with Crippen LogP contribution in [0.3, 0.4) is 0 Å². The van der Waals surface area contributed by atoms with E-state index >= 15 is 0 Å². The van der Waals surface area contributed by atoms with Gasteiger partial charge < -0.3 is 4.57 Å². The van der Waals surface area contributed by atoms with E-state index in [1.807, 2.05) is 30.3 Å². The van der Waals surface area contributed by atoms with Gasteiger partial charge in [-0.2, -0.15) is 0 Å². The second-order valence-corrected chi connectivity index (χ2v) is 5.61. The first-order valence-electron chi connectivity index (χ1n) is 6.57. The lowest BCUT2D eigenvalue weighted by Gasteiger charge is -2.14. The van der Waals surface area contributed by atoms with Gasteiger partial charge in [0.1, 0.15) is 0 Å². The molecule has 0 saturated heterocycles. The van der Waals surface area contributed by atoms with Crippen LogP contribution in [-0.2, 0) is 0 Å². The van der Waals surface area contributed by atoms with Crippen LogP contribution in [0, 0.1) is 0 Å². The number of benzene rings is 1. The fourth-order valence-corrected chi connectivity index (χ4v) is 2.78. The zero-order valence-corrected chi connectivity index (χ0v) is 12.2. The van der Waals surface area contributed by atoms with Gasteiger partial charge in [0.25, 0.3) is 0 Å². The van der Waals surface area contributed by atoms with E-state index in [0.29, 0.717) is 6.04 Å². The second-order valence-electron chi connectivity index (χ2n) is 5.17. The van der Waals surface area contributed by atoms with E-state index in [-0.39, 0.29) is 0 Å². The van der Waals surface area contributed by atoms with Crippen LogP contribution in [-0.4, -0.2) is 9.77 Å². The lowest BCUT2D eigenvalue weighted by Crippen LogP contribution is -2.28. The Labute approximate surface area is 122 Å². The van der Waals surface area contributed by atoms with Crippen LogP contribution in [0.2, 0.25) is 5.02 Å². The van der Waals surface area contributed by atoms with Gasteiger partial charge in [0, 0.05) is 32.8 Å². The Balaban J connectivity index is 2.32. The molecule has 0 aliphatic carbocycles. The summed E-state index contributed by atoms with van der Waals surface area (Å²) in [7, 11) is 0. The van der Waals surface area contributed by atoms with Gasteiger partial charge in [0.15, 0.2) is 0 Å². The maximum atomic E-state index is 9.61. The van der Waals surface area contributed by atoms with Crippen LogP contribution in [0.1, 0.15) is 19.9 Å². The van der Waals surface area contributed by atoms with E-state index in [0.717, 1.165) is 31.9 Å². The zero-order chi connectivity index (χ0) is 14.3. The standard InChI is InChI=1S/C16H16ClN2O/c1-11(2)19-15-6-5-14(17)8-13(15)9-16(19)12-4-3-7-18(20)10-12/h3-11,20H,1-2H3/q+1. The predicted molar refractivity (Wildman–Crippen MR) is 80.1 cm³/mol. The van der Waals surface area contributed by atoms with E-state index < -0.39 is 0 Å². The molecule has 0 radical (unpaired) electrons. The van der Waals surface area contributed by atoms with Crippen LogP contribution in [0.4, 0.5) is 0 Å². The zero-order valence-electron chi connectivity index (χ0n) is 11.4. The van der Waals surface area contributed by atoms with Crippen molar-refractivity contribution in [3.8, 4) is 11.3 Å². The maximum Gasteiger partial charge on any atom is 0.231 e. The summed E-state index contributed by atoms with van der Waals surface area (Å²) in [6.45, 7) is 4.29. The molecule has 0 aliphatic rings. The molecule has 1 N–H and O–H groups in total. The number of halogens is 1. The van der Waals surface area contributed by atoms with Crippen LogP contribution in [0.25, 0.3) is 22.2 Å². The van der Waals surface area contributed by atoms with Crippen molar-refractivity contribution in [2.45, 2.75) is 19.9 Å². The normalized spacial score (nSPS) is 11.4. The summed E-state index contributed by atoms with van der Waals surface area (Å²) in [5.41, 5.74) is 3.18. The summed E-state index contributed by atoms with van der Waals surface area (Å²) in [5, 5.41) is 11.4. The monoisotopic (exact) mass is 287 g/mol. The van der Waals surface area contributed by atoms with E-state index in [9.17, 15) is 5.21 Å². The molecule has 1 aromatic carbocycles. The van der Waals surface area contributed by atoms with Gasteiger partial charge in [-0.05, 0) is 44.2 Å². The highest BCUT2D eigenvalue weighted by Crippen LogP contribution is 2.32. The Morgan fingerprint density at radius 2 is 2.00 bits per heavy atom. The van der Waals surface area contributed by atoms with Crippen molar-refractivity contribution < 1.29 is 9.94 Å². The molecule has 0 fully saturated rings. The Morgan fingerprint density at radius 1 is 1.20 bits per heavy atom. The molecule has 0 amide bonds. The molecule has 102 valence electrons. The summed E-state index contributed by atoms with van der Waals surface area (Å²) in [6.07, 6.45) is 3.30. The Bertz CT molecular complexity index is 777. The molecule has 0 bridgehead atoms. The highest BCUT2D eigenvalue weighted by molar-refractivity contribution is 6.31. The molecule has 0 atom stereocenters. The number of hydrogen-bond acceptors (Lipinski definition) is 1. The predicted octanol–water partition coefficient (Wildman–Crippen LogP) is 4.07. The van der Waals surface area contributed by atoms with Gasteiger partial charge in [-0.1, -0.05) is 11.6 Å². The minimum atomic E-state index is 0.316. The molecule has 0 saturated carbocycles. The number of fused-ring (bicyclic) bond motifs is 1. The maximum absolute atomic E-state index is 9.61. The SMILES string of the molecule is CC(C)n1c(-c2ccc[n+](O)c2)cc2cc(Cl)ccc21. The third-order valence-corrected chi connectivity index (χ3v) is 3.63. The van der Waals surface area contributed by atoms with Crippen LogP contribution >= 0.6 is 11.6 Å². The number of aromatic nitrogens is 2. The third kappa shape index (κ3) is 2.14. The summed E-state index contributed by atoms with van der Waals surface area (Å²) < 4.78 is 3.33. The quantitative estimate of drug-likeness (QED) is 0.559. The molecule has 2 aromatic heterocycles. The van der Waals surface area contributed by atoms with Gasteiger partial charge in [0.05, 0.1) is 11.3 Å². The highest BCUT2D eigenvalue weighted by Gasteiger charge is 2.15. The molecule has 2 heterocycles. The topological polar surface area (TPSA) is 29.0 Å². The largest absolute Gasteiger partial charge is 0.338 e. The molecular weight excluding hydrogens is 272 g/mol. The van der Waals surface area contributed by atoms with E-state index in [1.54, 1.807) is 12.4 Å². The smallest absolute Gasteiger partial charge is 0.231 e. The lowest BCUT2D eigenvalue weighted by molar-refractivity contribution is -0.904. The Morgan fingerprint density at radius 3 is 2.70 bits per heavy atom. The molecule has 0 aliphatic heterocycles. The first-order valence-corrected chi connectivity index (χ1v) is 6.95. The third-order valence-electron chi connectivity index (χ3n) is 3.40. The van der Waals surface area contributed by atoms with Crippen molar-refractivity contribution in [3.05, 3.63) is 53.8 Å². The van der Waals surface area contributed by atoms with Gasteiger partial charge in [0.2, 0.25) is 12.4 Å². The lowest BCUT2D eigenvalue weighted by atomic mass is 10.2. The van der Waals surface area contributed by atoms with Gasteiger partial charge in [-0.15, -0.1) is 0 Å². The van der Waals surface area contributed by atoms with Crippen molar-refractivity contribution in [1.82, 2.24) is 4.57 Å². The number of nitrogens with zero attached hydrogens (tertiary/aromatic N) is 2. The van der Waals surface area contributed by atoms with Gasteiger partial charge in [-0.3, -0.25) is 5.21 Å². The molecule has 3 rings (SSSR count).